The highest BCUT2D eigenvalue weighted by Gasteiger charge is 2.18. The molecule has 1 aromatic rings. The Morgan fingerprint density at radius 1 is 1.44 bits per heavy atom. The van der Waals surface area contributed by atoms with Crippen LogP contribution in [0.3, 0.4) is 0 Å². The van der Waals surface area contributed by atoms with Gasteiger partial charge < -0.3 is 10.5 Å². The standard InChI is InChI=1S/C12H14FNOS/c1-15-12(11(14)8-13)10-4-2-9(3-5-10)6-7-16/h2-5,11-12,16H,8,14H2,1H3/t11-,12-/m1/s1. The van der Waals surface area contributed by atoms with Crippen molar-refractivity contribution in [3.63, 3.8) is 0 Å². The van der Waals surface area contributed by atoms with E-state index >= 15 is 0 Å². The minimum absolute atomic E-state index is 0.428. The normalized spacial score (nSPS) is 13.8. The monoisotopic (exact) mass is 239 g/mol. The first-order chi connectivity index (χ1) is 7.72. The molecule has 0 radical (unpaired) electrons. The molecule has 0 heterocycles. The van der Waals surface area contributed by atoms with Crippen LogP contribution in [-0.4, -0.2) is 19.8 Å². The van der Waals surface area contributed by atoms with E-state index in [1.165, 1.54) is 7.11 Å². The Labute approximate surface area is 100 Å². The first-order valence-corrected chi connectivity index (χ1v) is 5.27. The average molecular weight is 239 g/mol. The average Bonchev–Trinajstić information content (AvgIpc) is 2.32. The number of hydrogen-bond donors (Lipinski definition) is 2. The number of ether oxygens (including phenoxy) is 1. The molecule has 2 N–H and O–H groups in total. The zero-order chi connectivity index (χ0) is 12.0. The molecule has 4 heteroatoms. The van der Waals surface area contributed by atoms with Crippen molar-refractivity contribution in [3.8, 4) is 11.2 Å². The molecular formula is C12H14FNOS. The molecule has 86 valence electrons. The molecule has 2 atom stereocenters. The summed E-state index contributed by atoms with van der Waals surface area (Å²) in [7, 11) is 1.52. The fraction of sp³-hybridized carbons (Fsp3) is 0.333. The Kier molecular flexibility index (Phi) is 5.33. The first-order valence-electron chi connectivity index (χ1n) is 4.82. The van der Waals surface area contributed by atoms with Crippen LogP contribution in [0.1, 0.15) is 17.2 Å². The molecule has 0 aliphatic rings. The molecule has 0 spiro atoms. The molecule has 0 aromatic heterocycles. The highest BCUT2D eigenvalue weighted by atomic mass is 32.1. The molecule has 0 amide bonds. The van der Waals surface area contributed by atoms with E-state index in [1.54, 1.807) is 0 Å². The third-order valence-electron chi connectivity index (χ3n) is 2.26. The summed E-state index contributed by atoms with van der Waals surface area (Å²) in [5.41, 5.74) is 7.31. The molecular weight excluding hydrogens is 225 g/mol. The van der Waals surface area contributed by atoms with Gasteiger partial charge in [0.1, 0.15) is 6.67 Å². The van der Waals surface area contributed by atoms with E-state index in [2.05, 4.69) is 23.8 Å². The molecule has 0 fully saturated rings. The summed E-state index contributed by atoms with van der Waals surface area (Å²) >= 11 is 3.81. The van der Waals surface area contributed by atoms with E-state index in [4.69, 9.17) is 10.5 Å². The number of methoxy groups -OCH3 is 1. The number of thiol groups is 1. The predicted molar refractivity (Wildman–Crippen MR) is 66.0 cm³/mol. The first kappa shape index (κ1) is 13.0. The van der Waals surface area contributed by atoms with Crippen LogP contribution in [0.4, 0.5) is 4.39 Å². The van der Waals surface area contributed by atoms with Gasteiger partial charge in [-0.2, -0.15) is 0 Å². The Bertz CT molecular complexity index is 382. The molecule has 0 unspecified atom stereocenters. The Morgan fingerprint density at radius 3 is 2.50 bits per heavy atom. The second-order valence-corrected chi connectivity index (χ2v) is 3.56. The highest BCUT2D eigenvalue weighted by Crippen LogP contribution is 2.20. The van der Waals surface area contributed by atoms with Crippen molar-refractivity contribution in [3.05, 3.63) is 35.4 Å². The number of benzene rings is 1. The molecule has 2 nitrogen and oxygen atoms in total. The van der Waals surface area contributed by atoms with E-state index in [-0.39, 0.29) is 0 Å². The molecule has 1 rings (SSSR count). The van der Waals surface area contributed by atoms with Crippen molar-refractivity contribution in [1.29, 1.82) is 0 Å². The maximum absolute atomic E-state index is 12.5. The Morgan fingerprint density at radius 2 is 2.06 bits per heavy atom. The third-order valence-corrected chi connectivity index (χ3v) is 2.37. The Hall–Kier alpha value is -1.02. The smallest absolute Gasteiger partial charge is 0.107 e. The van der Waals surface area contributed by atoms with E-state index in [0.717, 1.165) is 11.1 Å². The van der Waals surface area contributed by atoms with Crippen LogP contribution < -0.4 is 5.73 Å². The maximum Gasteiger partial charge on any atom is 0.107 e. The number of alkyl halides is 1. The van der Waals surface area contributed by atoms with Crippen molar-refractivity contribution >= 4 is 12.6 Å². The lowest BCUT2D eigenvalue weighted by Crippen LogP contribution is -2.31. The van der Waals surface area contributed by atoms with Crippen molar-refractivity contribution in [1.82, 2.24) is 0 Å². The fourth-order valence-electron chi connectivity index (χ4n) is 1.46. The van der Waals surface area contributed by atoms with Crippen LogP contribution in [0.2, 0.25) is 0 Å². The summed E-state index contributed by atoms with van der Waals surface area (Å²) in [6, 6.07) is 6.67. The second-order valence-electron chi connectivity index (χ2n) is 3.33. The van der Waals surface area contributed by atoms with Gasteiger partial charge in [0.05, 0.1) is 12.1 Å². The van der Waals surface area contributed by atoms with Gasteiger partial charge in [0.15, 0.2) is 0 Å². The SMILES string of the molecule is CO[C@H](c1ccc(C#CS)cc1)[C@H](N)CF. The predicted octanol–water partition coefficient (Wildman–Crippen LogP) is 1.91. The van der Waals surface area contributed by atoms with Crippen molar-refractivity contribution in [2.75, 3.05) is 13.8 Å². The van der Waals surface area contributed by atoms with E-state index in [9.17, 15) is 4.39 Å². The summed E-state index contributed by atoms with van der Waals surface area (Å²) in [6.45, 7) is -0.614. The summed E-state index contributed by atoms with van der Waals surface area (Å²) in [6.07, 6.45) is -0.428. The minimum Gasteiger partial charge on any atom is -0.375 e. The van der Waals surface area contributed by atoms with Crippen molar-refractivity contribution in [2.24, 2.45) is 5.73 Å². The molecule has 16 heavy (non-hydrogen) atoms. The van der Waals surface area contributed by atoms with Gasteiger partial charge >= 0.3 is 0 Å². The zero-order valence-corrected chi connectivity index (χ0v) is 9.88. The maximum atomic E-state index is 12.5. The molecule has 1 aromatic carbocycles. The van der Waals surface area contributed by atoms with Gasteiger partial charge in [-0.15, -0.1) is 0 Å². The zero-order valence-electron chi connectivity index (χ0n) is 8.98. The van der Waals surface area contributed by atoms with Crippen LogP contribution in [0, 0.1) is 11.2 Å². The lowest BCUT2D eigenvalue weighted by Gasteiger charge is -2.20. The molecule has 0 bridgehead atoms. The molecule has 0 aliphatic carbocycles. The summed E-state index contributed by atoms with van der Waals surface area (Å²) < 4.78 is 17.6. The molecule has 0 saturated carbocycles. The van der Waals surface area contributed by atoms with E-state index in [0.29, 0.717) is 0 Å². The lowest BCUT2D eigenvalue weighted by molar-refractivity contribution is 0.0721. The van der Waals surface area contributed by atoms with E-state index < -0.39 is 18.8 Å². The van der Waals surface area contributed by atoms with Gasteiger partial charge in [-0.3, -0.25) is 0 Å². The van der Waals surface area contributed by atoms with Crippen LogP contribution in [0.15, 0.2) is 24.3 Å². The quantitative estimate of drug-likeness (QED) is 0.622. The number of nitrogens with two attached hydrogens (primary N) is 1. The van der Waals surface area contributed by atoms with E-state index in [1.807, 2.05) is 24.3 Å². The minimum atomic E-state index is -0.646. The van der Waals surface area contributed by atoms with Gasteiger partial charge in [0.2, 0.25) is 0 Å². The van der Waals surface area contributed by atoms with Crippen LogP contribution in [0.25, 0.3) is 0 Å². The van der Waals surface area contributed by atoms with Crippen LogP contribution in [-0.2, 0) is 4.74 Å². The number of halogens is 1. The molecule has 0 aliphatic heterocycles. The van der Waals surface area contributed by atoms with Gasteiger partial charge in [0.25, 0.3) is 0 Å². The highest BCUT2D eigenvalue weighted by molar-refractivity contribution is 7.85. The second kappa shape index (κ2) is 6.54. The summed E-state index contributed by atoms with van der Waals surface area (Å²) in [4.78, 5) is 0. The van der Waals surface area contributed by atoms with Gasteiger partial charge in [0, 0.05) is 12.7 Å². The lowest BCUT2D eigenvalue weighted by atomic mass is 10.0. The van der Waals surface area contributed by atoms with Crippen molar-refractivity contribution < 1.29 is 9.13 Å². The van der Waals surface area contributed by atoms with Gasteiger partial charge in [-0.05, 0) is 22.9 Å². The fourth-order valence-corrected chi connectivity index (χ4v) is 1.59. The molecule has 0 saturated heterocycles. The number of rotatable bonds is 4. The van der Waals surface area contributed by atoms with Crippen LogP contribution >= 0.6 is 12.6 Å². The summed E-state index contributed by atoms with van der Waals surface area (Å²) in [5, 5.41) is 2.51. The largest absolute Gasteiger partial charge is 0.375 e. The van der Waals surface area contributed by atoms with Crippen LogP contribution in [0.5, 0.6) is 0 Å². The third kappa shape index (κ3) is 3.24. The Balaban J connectivity index is 2.89. The number of hydrogen-bond acceptors (Lipinski definition) is 3. The van der Waals surface area contributed by atoms with Gasteiger partial charge in [-0.1, -0.05) is 30.7 Å². The van der Waals surface area contributed by atoms with Crippen molar-refractivity contribution in [2.45, 2.75) is 12.1 Å². The topological polar surface area (TPSA) is 35.2 Å². The summed E-state index contributed by atoms with van der Waals surface area (Å²) in [5.74, 6) is 2.80. The van der Waals surface area contributed by atoms with Gasteiger partial charge in [-0.25, -0.2) is 4.39 Å².